The summed E-state index contributed by atoms with van der Waals surface area (Å²) in [6.07, 6.45) is 0. The van der Waals surface area contributed by atoms with Crippen molar-refractivity contribution in [2.24, 2.45) is 5.92 Å². The number of nitrogens with one attached hydrogen (secondary N) is 1. The molecule has 7 nitrogen and oxygen atoms in total. The molecular weight excluding hydrogens is 298 g/mol. The van der Waals surface area contributed by atoms with Gasteiger partial charge >= 0.3 is 17.8 Å². The highest BCUT2D eigenvalue weighted by atomic mass is 16.2. The van der Waals surface area contributed by atoms with Gasteiger partial charge in [0.1, 0.15) is 6.54 Å². The largest absolute Gasteiger partial charge is 0.334 e. The summed E-state index contributed by atoms with van der Waals surface area (Å²) in [7, 11) is 0. The van der Waals surface area contributed by atoms with E-state index in [9.17, 15) is 19.2 Å². The van der Waals surface area contributed by atoms with E-state index in [2.05, 4.69) is 5.32 Å². The lowest BCUT2D eigenvalue weighted by molar-refractivity contribution is -0.143. The Morgan fingerprint density at radius 3 is 2.30 bits per heavy atom. The number of carbonyl (C=O) groups is 4. The standard InChI is InChI=1S/C16H19N3O4/c1-10(2)8-18-14(21)15(22)19(16(18)23)9-13(20)17-12-7-5-4-6-11(12)3/h4-7,10H,8-9H2,1-3H3,(H,17,20). The van der Waals surface area contributed by atoms with Gasteiger partial charge < -0.3 is 5.32 Å². The molecule has 2 rings (SSSR count). The lowest BCUT2D eigenvalue weighted by Crippen LogP contribution is -2.39. The number of amides is 5. The molecule has 1 aromatic carbocycles. The minimum Gasteiger partial charge on any atom is -0.324 e. The van der Waals surface area contributed by atoms with Gasteiger partial charge in [0.05, 0.1) is 0 Å². The summed E-state index contributed by atoms with van der Waals surface area (Å²) in [6.45, 7) is 5.17. The summed E-state index contributed by atoms with van der Waals surface area (Å²) in [5.74, 6) is -2.33. The Balaban J connectivity index is 2.06. The number of anilines is 1. The second kappa shape index (κ2) is 6.60. The number of para-hydroxylation sites is 1. The number of hydrogen-bond donors (Lipinski definition) is 1. The molecule has 1 aromatic rings. The van der Waals surface area contributed by atoms with E-state index in [-0.39, 0.29) is 12.5 Å². The Morgan fingerprint density at radius 1 is 1.09 bits per heavy atom. The van der Waals surface area contributed by atoms with E-state index in [1.807, 2.05) is 32.9 Å². The third kappa shape index (κ3) is 3.56. The third-order valence-electron chi connectivity index (χ3n) is 3.40. The van der Waals surface area contributed by atoms with Gasteiger partial charge in [0.2, 0.25) is 5.91 Å². The fourth-order valence-electron chi connectivity index (χ4n) is 2.26. The number of benzene rings is 1. The zero-order valence-corrected chi connectivity index (χ0v) is 13.3. The topological polar surface area (TPSA) is 86.8 Å². The summed E-state index contributed by atoms with van der Waals surface area (Å²) in [5, 5.41) is 2.63. The van der Waals surface area contributed by atoms with Crippen LogP contribution in [0.2, 0.25) is 0 Å². The van der Waals surface area contributed by atoms with Crippen LogP contribution in [0.4, 0.5) is 10.5 Å². The molecule has 0 saturated carbocycles. The molecule has 0 atom stereocenters. The summed E-state index contributed by atoms with van der Waals surface area (Å²) in [5.41, 5.74) is 1.46. The van der Waals surface area contributed by atoms with Gasteiger partial charge in [-0.15, -0.1) is 0 Å². The average molecular weight is 317 g/mol. The molecule has 0 radical (unpaired) electrons. The molecule has 0 aromatic heterocycles. The molecule has 23 heavy (non-hydrogen) atoms. The van der Waals surface area contributed by atoms with Gasteiger partial charge in [-0.1, -0.05) is 32.0 Å². The first kappa shape index (κ1) is 16.7. The first-order valence-corrected chi connectivity index (χ1v) is 7.34. The van der Waals surface area contributed by atoms with Crippen LogP contribution >= 0.6 is 0 Å². The Labute approximate surface area is 134 Å². The third-order valence-corrected chi connectivity index (χ3v) is 3.40. The molecule has 1 N–H and O–H groups in total. The van der Waals surface area contributed by atoms with Crippen LogP contribution in [-0.4, -0.2) is 46.6 Å². The number of imide groups is 2. The van der Waals surface area contributed by atoms with Gasteiger partial charge in [-0.2, -0.15) is 0 Å². The molecule has 1 fully saturated rings. The molecule has 1 aliphatic rings. The number of rotatable bonds is 5. The quantitative estimate of drug-likeness (QED) is 0.656. The highest BCUT2D eigenvalue weighted by Crippen LogP contribution is 2.16. The van der Waals surface area contributed by atoms with Crippen molar-refractivity contribution in [3.8, 4) is 0 Å². The highest BCUT2D eigenvalue weighted by Gasteiger charge is 2.45. The molecule has 5 amide bonds. The van der Waals surface area contributed by atoms with E-state index in [1.165, 1.54) is 0 Å². The molecule has 0 aliphatic carbocycles. The molecule has 1 saturated heterocycles. The lowest BCUT2D eigenvalue weighted by atomic mass is 10.2. The highest BCUT2D eigenvalue weighted by molar-refractivity contribution is 6.45. The van der Waals surface area contributed by atoms with E-state index in [0.717, 1.165) is 10.5 Å². The Hall–Kier alpha value is -2.70. The van der Waals surface area contributed by atoms with Crippen LogP contribution in [0.15, 0.2) is 24.3 Å². The zero-order chi connectivity index (χ0) is 17.1. The number of nitrogens with zero attached hydrogens (tertiary/aromatic N) is 2. The number of urea groups is 1. The molecule has 7 heteroatoms. The second-order valence-corrected chi connectivity index (χ2v) is 5.85. The smallest absolute Gasteiger partial charge is 0.324 e. The molecule has 122 valence electrons. The summed E-state index contributed by atoms with van der Waals surface area (Å²) in [4.78, 5) is 49.5. The monoisotopic (exact) mass is 317 g/mol. The first-order valence-electron chi connectivity index (χ1n) is 7.34. The number of aryl methyl sites for hydroxylation is 1. The van der Waals surface area contributed by atoms with Crippen molar-refractivity contribution in [3.05, 3.63) is 29.8 Å². The van der Waals surface area contributed by atoms with E-state index < -0.39 is 30.3 Å². The van der Waals surface area contributed by atoms with Crippen LogP contribution in [0.3, 0.4) is 0 Å². The fourth-order valence-corrected chi connectivity index (χ4v) is 2.26. The van der Waals surface area contributed by atoms with Gasteiger partial charge in [0, 0.05) is 12.2 Å². The SMILES string of the molecule is Cc1ccccc1NC(=O)CN1C(=O)C(=O)N(CC(C)C)C1=O. The number of carbonyl (C=O) groups excluding carboxylic acids is 4. The van der Waals surface area contributed by atoms with Crippen LogP contribution < -0.4 is 5.32 Å². The Kier molecular flexibility index (Phi) is 4.78. The maximum atomic E-state index is 12.1. The van der Waals surface area contributed by atoms with E-state index in [4.69, 9.17) is 0 Å². The Bertz CT molecular complexity index is 669. The maximum Gasteiger partial charge on any atom is 0.334 e. The van der Waals surface area contributed by atoms with E-state index >= 15 is 0 Å². The normalized spacial score (nSPS) is 14.9. The van der Waals surface area contributed by atoms with E-state index in [1.54, 1.807) is 12.1 Å². The van der Waals surface area contributed by atoms with Crippen LogP contribution in [0.1, 0.15) is 19.4 Å². The summed E-state index contributed by atoms with van der Waals surface area (Å²) < 4.78 is 0. The first-order chi connectivity index (χ1) is 10.8. The summed E-state index contributed by atoms with van der Waals surface area (Å²) >= 11 is 0. The molecule has 0 bridgehead atoms. The minimum absolute atomic E-state index is 0.0384. The predicted molar refractivity (Wildman–Crippen MR) is 83.5 cm³/mol. The van der Waals surface area contributed by atoms with Crippen molar-refractivity contribution < 1.29 is 19.2 Å². The van der Waals surface area contributed by atoms with Gasteiger partial charge in [-0.05, 0) is 24.5 Å². The van der Waals surface area contributed by atoms with Crippen molar-refractivity contribution in [2.75, 3.05) is 18.4 Å². The summed E-state index contributed by atoms with van der Waals surface area (Å²) in [6, 6.07) is 6.41. The van der Waals surface area contributed by atoms with Crippen LogP contribution in [0.25, 0.3) is 0 Å². The van der Waals surface area contributed by atoms with Crippen molar-refractivity contribution >= 4 is 29.4 Å². The Morgan fingerprint density at radius 2 is 1.70 bits per heavy atom. The predicted octanol–water partition coefficient (Wildman–Crippen LogP) is 1.38. The van der Waals surface area contributed by atoms with Gasteiger partial charge in [-0.3, -0.25) is 19.3 Å². The van der Waals surface area contributed by atoms with Gasteiger partial charge in [0.15, 0.2) is 0 Å². The van der Waals surface area contributed by atoms with E-state index in [0.29, 0.717) is 10.6 Å². The molecule has 0 spiro atoms. The van der Waals surface area contributed by atoms with Crippen LogP contribution in [-0.2, 0) is 14.4 Å². The average Bonchev–Trinajstić information content (AvgIpc) is 2.67. The minimum atomic E-state index is -0.962. The second-order valence-electron chi connectivity index (χ2n) is 5.85. The van der Waals surface area contributed by atoms with Crippen LogP contribution in [0.5, 0.6) is 0 Å². The lowest BCUT2D eigenvalue weighted by Gasteiger charge is -2.17. The van der Waals surface area contributed by atoms with Crippen molar-refractivity contribution in [2.45, 2.75) is 20.8 Å². The van der Waals surface area contributed by atoms with Crippen molar-refractivity contribution in [1.29, 1.82) is 0 Å². The van der Waals surface area contributed by atoms with Crippen LogP contribution in [0, 0.1) is 12.8 Å². The zero-order valence-electron chi connectivity index (χ0n) is 13.3. The van der Waals surface area contributed by atoms with Crippen molar-refractivity contribution in [1.82, 2.24) is 9.80 Å². The maximum absolute atomic E-state index is 12.1. The number of hydrogen-bond acceptors (Lipinski definition) is 4. The molecule has 1 aliphatic heterocycles. The van der Waals surface area contributed by atoms with Gasteiger partial charge in [-0.25, -0.2) is 9.69 Å². The molecule has 1 heterocycles. The molecular formula is C16H19N3O4. The molecule has 0 unspecified atom stereocenters. The van der Waals surface area contributed by atoms with Crippen molar-refractivity contribution in [3.63, 3.8) is 0 Å². The fraction of sp³-hybridized carbons (Fsp3) is 0.375. The van der Waals surface area contributed by atoms with Gasteiger partial charge in [0.25, 0.3) is 0 Å².